The molecule has 4 rings (SSSR count). The first-order valence-corrected chi connectivity index (χ1v) is 11.3. The van der Waals surface area contributed by atoms with E-state index in [1.54, 1.807) is 53.4 Å². The molecule has 1 atom stereocenters. The van der Waals surface area contributed by atoms with Crippen molar-refractivity contribution in [1.82, 2.24) is 4.90 Å². The van der Waals surface area contributed by atoms with Crippen molar-refractivity contribution in [2.75, 3.05) is 23.7 Å². The van der Waals surface area contributed by atoms with Crippen molar-refractivity contribution in [3.63, 3.8) is 0 Å². The lowest BCUT2D eigenvalue weighted by Crippen LogP contribution is -2.43. The standard InChI is InChI=1S/C26H23ClFN3O3/c27-20-11-7-17(8-12-20)24(32)29-22-5-1-2-6-23(22)30-25(33)19-4-3-15-31(16-19)26(34)18-9-13-21(28)14-10-18/h1-2,5-14,19H,3-4,15-16H2,(H,29,32)(H,30,33). The SMILES string of the molecule is O=C(Nc1ccccc1NC(=O)C1CCCN(C(=O)c2ccc(F)cc2)C1)c1ccc(Cl)cc1. The third-order valence-electron chi connectivity index (χ3n) is 5.71. The summed E-state index contributed by atoms with van der Waals surface area (Å²) in [4.78, 5) is 40.0. The number of anilines is 2. The number of hydrogen-bond donors (Lipinski definition) is 2. The van der Waals surface area contributed by atoms with Crippen molar-refractivity contribution in [1.29, 1.82) is 0 Å². The van der Waals surface area contributed by atoms with E-state index in [1.807, 2.05) is 0 Å². The van der Waals surface area contributed by atoms with Gasteiger partial charge in [0, 0.05) is 29.2 Å². The number of hydrogen-bond acceptors (Lipinski definition) is 3. The molecule has 0 bridgehead atoms. The van der Waals surface area contributed by atoms with Gasteiger partial charge in [-0.2, -0.15) is 0 Å². The molecule has 2 N–H and O–H groups in total. The van der Waals surface area contributed by atoms with Gasteiger partial charge in [-0.05, 0) is 73.5 Å². The van der Waals surface area contributed by atoms with Gasteiger partial charge in [0.1, 0.15) is 5.82 Å². The molecule has 1 aliphatic heterocycles. The average Bonchev–Trinajstić information content (AvgIpc) is 2.85. The van der Waals surface area contributed by atoms with Crippen LogP contribution in [-0.2, 0) is 4.79 Å². The highest BCUT2D eigenvalue weighted by Gasteiger charge is 2.29. The predicted octanol–water partition coefficient (Wildman–Crippen LogP) is 5.22. The molecule has 1 aliphatic rings. The predicted molar refractivity (Wildman–Crippen MR) is 130 cm³/mol. The molecule has 1 saturated heterocycles. The van der Waals surface area contributed by atoms with Crippen molar-refractivity contribution in [3.05, 3.63) is 94.8 Å². The molecule has 0 saturated carbocycles. The van der Waals surface area contributed by atoms with E-state index in [4.69, 9.17) is 11.6 Å². The van der Waals surface area contributed by atoms with E-state index in [9.17, 15) is 18.8 Å². The van der Waals surface area contributed by atoms with E-state index >= 15 is 0 Å². The molecule has 174 valence electrons. The van der Waals surface area contributed by atoms with Crippen LogP contribution in [0, 0.1) is 11.7 Å². The molecule has 6 nitrogen and oxygen atoms in total. The molecule has 3 aromatic carbocycles. The molecule has 3 amide bonds. The summed E-state index contributed by atoms with van der Waals surface area (Å²) in [5.74, 6) is -1.60. The monoisotopic (exact) mass is 479 g/mol. The summed E-state index contributed by atoms with van der Waals surface area (Å²) in [5.41, 5.74) is 1.76. The largest absolute Gasteiger partial charge is 0.338 e. The van der Waals surface area contributed by atoms with Crippen LogP contribution >= 0.6 is 11.6 Å². The number of amides is 3. The molecule has 0 aliphatic carbocycles. The molecular formula is C26H23ClFN3O3. The molecule has 0 radical (unpaired) electrons. The molecule has 1 unspecified atom stereocenters. The van der Waals surface area contributed by atoms with Crippen LogP contribution in [0.3, 0.4) is 0 Å². The second-order valence-electron chi connectivity index (χ2n) is 8.09. The van der Waals surface area contributed by atoms with E-state index in [2.05, 4.69) is 10.6 Å². The number of halogens is 2. The third kappa shape index (κ3) is 5.61. The zero-order valence-corrected chi connectivity index (χ0v) is 19.0. The number of benzene rings is 3. The van der Waals surface area contributed by atoms with Crippen LogP contribution in [0.5, 0.6) is 0 Å². The van der Waals surface area contributed by atoms with E-state index < -0.39 is 11.7 Å². The number of nitrogens with one attached hydrogen (secondary N) is 2. The third-order valence-corrected chi connectivity index (χ3v) is 5.96. The summed E-state index contributed by atoms with van der Waals surface area (Å²) in [6, 6.07) is 18.8. The summed E-state index contributed by atoms with van der Waals surface area (Å²) in [6.45, 7) is 0.801. The van der Waals surface area contributed by atoms with Crippen LogP contribution in [0.1, 0.15) is 33.6 Å². The molecule has 34 heavy (non-hydrogen) atoms. The van der Waals surface area contributed by atoms with Crippen LogP contribution < -0.4 is 10.6 Å². The molecule has 1 fully saturated rings. The summed E-state index contributed by atoms with van der Waals surface area (Å²) in [7, 11) is 0. The first-order valence-electron chi connectivity index (χ1n) is 10.9. The topological polar surface area (TPSA) is 78.5 Å². The van der Waals surface area contributed by atoms with Crippen molar-refractivity contribution >= 4 is 40.7 Å². The van der Waals surface area contributed by atoms with Crippen molar-refractivity contribution in [2.24, 2.45) is 5.92 Å². The lowest BCUT2D eigenvalue weighted by molar-refractivity contribution is -0.121. The van der Waals surface area contributed by atoms with Gasteiger partial charge in [-0.15, -0.1) is 0 Å². The minimum absolute atomic E-state index is 0.229. The fraction of sp³-hybridized carbons (Fsp3) is 0.192. The van der Waals surface area contributed by atoms with Gasteiger partial charge in [0.05, 0.1) is 17.3 Å². The number of para-hydroxylation sites is 2. The van der Waals surface area contributed by atoms with E-state index in [0.717, 1.165) is 0 Å². The van der Waals surface area contributed by atoms with Gasteiger partial charge in [0.15, 0.2) is 0 Å². The minimum atomic E-state index is -0.408. The summed E-state index contributed by atoms with van der Waals surface area (Å²) >= 11 is 5.88. The Morgan fingerprint density at radius 1 is 0.853 bits per heavy atom. The highest BCUT2D eigenvalue weighted by molar-refractivity contribution is 6.30. The highest BCUT2D eigenvalue weighted by Crippen LogP contribution is 2.25. The maximum absolute atomic E-state index is 13.2. The summed E-state index contributed by atoms with van der Waals surface area (Å²) in [5, 5.41) is 6.24. The quantitative estimate of drug-likeness (QED) is 0.526. The summed E-state index contributed by atoms with van der Waals surface area (Å²) < 4.78 is 13.2. The second-order valence-corrected chi connectivity index (χ2v) is 8.53. The normalized spacial score (nSPS) is 15.5. The maximum atomic E-state index is 13.2. The Bertz CT molecular complexity index is 1200. The van der Waals surface area contributed by atoms with Crippen molar-refractivity contribution < 1.29 is 18.8 Å². The van der Waals surface area contributed by atoms with Gasteiger partial charge in [-0.3, -0.25) is 14.4 Å². The second kappa shape index (κ2) is 10.5. The molecule has 1 heterocycles. The Morgan fingerprint density at radius 2 is 1.47 bits per heavy atom. The molecule has 8 heteroatoms. The van der Waals surface area contributed by atoms with Crippen LogP contribution in [0.15, 0.2) is 72.8 Å². The average molecular weight is 480 g/mol. The van der Waals surface area contributed by atoms with Crippen LogP contribution in [-0.4, -0.2) is 35.7 Å². The van der Waals surface area contributed by atoms with Crippen LogP contribution in [0.25, 0.3) is 0 Å². The number of carbonyl (C=O) groups is 3. The lowest BCUT2D eigenvalue weighted by Gasteiger charge is -2.32. The Kier molecular flexibility index (Phi) is 7.23. The van der Waals surface area contributed by atoms with Crippen LogP contribution in [0.4, 0.5) is 15.8 Å². The Hall–Kier alpha value is -3.71. The van der Waals surface area contributed by atoms with Gasteiger partial charge in [0.2, 0.25) is 5.91 Å². The Balaban J connectivity index is 1.42. The fourth-order valence-corrected chi connectivity index (χ4v) is 4.01. The zero-order chi connectivity index (χ0) is 24.1. The molecule has 0 spiro atoms. The number of carbonyl (C=O) groups excluding carboxylic acids is 3. The van der Waals surface area contributed by atoms with E-state index in [-0.39, 0.29) is 24.3 Å². The van der Waals surface area contributed by atoms with E-state index in [0.29, 0.717) is 46.9 Å². The smallest absolute Gasteiger partial charge is 0.255 e. The lowest BCUT2D eigenvalue weighted by atomic mass is 9.96. The maximum Gasteiger partial charge on any atom is 0.255 e. The highest BCUT2D eigenvalue weighted by atomic mass is 35.5. The van der Waals surface area contributed by atoms with Crippen LogP contribution in [0.2, 0.25) is 5.02 Å². The Morgan fingerprint density at radius 3 is 2.15 bits per heavy atom. The van der Waals surface area contributed by atoms with Gasteiger partial charge in [0.25, 0.3) is 11.8 Å². The zero-order valence-electron chi connectivity index (χ0n) is 18.3. The first-order chi connectivity index (χ1) is 16.4. The number of rotatable bonds is 5. The minimum Gasteiger partial charge on any atom is -0.338 e. The van der Waals surface area contributed by atoms with Gasteiger partial charge >= 0.3 is 0 Å². The van der Waals surface area contributed by atoms with Gasteiger partial charge < -0.3 is 15.5 Å². The van der Waals surface area contributed by atoms with Gasteiger partial charge in [-0.25, -0.2) is 4.39 Å². The molecular weight excluding hydrogens is 457 g/mol. The molecule has 3 aromatic rings. The number of piperidine rings is 1. The van der Waals surface area contributed by atoms with Crippen molar-refractivity contribution in [2.45, 2.75) is 12.8 Å². The number of nitrogens with zero attached hydrogens (tertiary/aromatic N) is 1. The van der Waals surface area contributed by atoms with Gasteiger partial charge in [-0.1, -0.05) is 23.7 Å². The van der Waals surface area contributed by atoms with Crippen molar-refractivity contribution in [3.8, 4) is 0 Å². The Labute approximate surface area is 201 Å². The number of likely N-dealkylation sites (tertiary alicyclic amines) is 1. The fourth-order valence-electron chi connectivity index (χ4n) is 3.88. The summed E-state index contributed by atoms with van der Waals surface area (Å²) in [6.07, 6.45) is 1.32. The molecule has 0 aromatic heterocycles. The van der Waals surface area contributed by atoms with E-state index in [1.165, 1.54) is 24.3 Å². The first kappa shape index (κ1) is 23.4.